The zero-order valence-corrected chi connectivity index (χ0v) is 17.8. The van der Waals surface area contributed by atoms with Crippen molar-refractivity contribution in [3.8, 4) is 11.3 Å². The molecular formula is C22H18Cl2N4O3. The number of H-pyrrole nitrogens is 1. The number of carbonyl (C=O) groups excluding carboxylic acids is 2. The van der Waals surface area contributed by atoms with Gasteiger partial charge in [0.05, 0.1) is 16.3 Å². The van der Waals surface area contributed by atoms with E-state index in [0.717, 1.165) is 5.56 Å². The van der Waals surface area contributed by atoms with Crippen molar-refractivity contribution < 1.29 is 9.59 Å². The van der Waals surface area contributed by atoms with Crippen molar-refractivity contribution in [2.75, 3.05) is 11.9 Å². The molecule has 158 valence electrons. The van der Waals surface area contributed by atoms with Crippen LogP contribution in [0.25, 0.3) is 11.3 Å². The molecule has 9 heteroatoms. The van der Waals surface area contributed by atoms with Crippen molar-refractivity contribution >= 4 is 40.7 Å². The molecule has 7 nitrogen and oxygen atoms in total. The van der Waals surface area contributed by atoms with Crippen molar-refractivity contribution in [2.45, 2.75) is 18.9 Å². The number of aromatic amines is 1. The summed E-state index contributed by atoms with van der Waals surface area (Å²) in [4.78, 5) is 38.7. The second-order valence-corrected chi connectivity index (χ2v) is 8.00. The zero-order valence-electron chi connectivity index (χ0n) is 16.3. The topological polar surface area (TPSA) is 95.2 Å². The van der Waals surface area contributed by atoms with Gasteiger partial charge in [-0.1, -0.05) is 35.3 Å². The third-order valence-corrected chi connectivity index (χ3v) is 5.64. The van der Waals surface area contributed by atoms with Crippen molar-refractivity contribution in [3.05, 3.63) is 80.6 Å². The minimum Gasteiger partial charge on any atom is -0.327 e. The normalized spacial score (nSPS) is 15.7. The average Bonchev–Trinajstić information content (AvgIpc) is 3.26. The Morgan fingerprint density at radius 1 is 1.10 bits per heavy atom. The molecule has 2 amide bonds. The lowest BCUT2D eigenvalue weighted by Crippen LogP contribution is -2.43. The average molecular weight is 457 g/mol. The van der Waals surface area contributed by atoms with Crippen LogP contribution in [0.1, 0.15) is 23.2 Å². The van der Waals surface area contributed by atoms with Gasteiger partial charge in [-0.25, -0.2) is 5.10 Å². The molecule has 0 aliphatic carbocycles. The van der Waals surface area contributed by atoms with Crippen LogP contribution in [0, 0.1) is 0 Å². The molecule has 0 saturated carbocycles. The van der Waals surface area contributed by atoms with Gasteiger partial charge in [0.25, 0.3) is 11.5 Å². The SMILES string of the molecule is O=C(Nc1cccc(-c2ccc(=O)[nH]n2)c1)C1CCCN1C(=O)c1cc(Cl)ccc1Cl. The summed E-state index contributed by atoms with van der Waals surface area (Å²) in [6, 6.07) is 14.2. The van der Waals surface area contributed by atoms with Gasteiger partial charge < -0.3 is 10.2 Å². The number of halogens is 2. The number of nitrogens with one attached hydrogen (secondary N) is 2. The number of nitrogens with zero attached hydrogens (tertiary/aromatic N) is 2. The summed E-state index contributed by atoms with van der Waals surface area (Å²) in [7, 11) is 0. The minimum absolute atomic E-state index is 0.278. The van der Waals surface area contributed by atoms with Gasteiger partial charge >= 0.3 is 0 Å². The predicted molar refractivity (Wildman–Crippen MR) is 119 cm³/mol. The number of hydrogen-bond donors (Lipinski definition) is 2. The Balaban J connectivity index is 1.52. The lowest BCUT2D eigenvalue weighted by molar-refractivity contribution is -0.119. The van der Waals surface area contributed by atoms with Gasteiger partial charge in [0, 0.05) is 28.9 Å². The maximum absolute atomic E-state index is 13.0. The molecule has 1 aliphatic rings. The molecule has 0 spiro atoms. The van der Waals surface area contributed by atoms with Crippen LogP contribution in [0.15, 0.2) is 59.4 Å². The molecule has 1 aromatic heterocycles. The van der Waals surface area contributed by atoms with Crippen molar-refractivity contribution in [1.82, 2.24) is 15.1 Å². The van der Waals surface area contributed by atoms with E-state index in [1.807, 2.05) is 6.07 Å². The van der Waals surface area contributed by atoms with E-state index in [-0.39, 0.29) is 22.9 Å². The third-order valence-electron chi connectivity index (χ3n) is 5.08. The fourth-order valence-corrected chi connectivity index (χ4v) is 3.96. The number of amides is 2. The molecule has 1 saturated heterocycles. The monoisotopic (exact) mass is 456 g/mol. The molecule has 1 fully saturated rings. The maximum atomic E-state index is 13.0. The molecule has 2 heterocycles. The Hall–Kier alpha value is -3.16. The summed E-state index contributed by atoms with van der Waals surface area (Å²) >= 11 is 12.2. The van der Waals surface area contributed by atoms with E-state index < -0.39 is 6.04 Å². The van der Waals surface area contributed by atoms with E-state index in [4.69, 9.17) is 23.2 Å². The number of rotatable bonds is 4. The van der Waals surface area contributed by atoms with Gasteiger partial charge in [-0.2, -0.15) is 5.10 Å². The number of benzene rings is 2. The van der Waals surface area contributed by atoms with Gasteiger partial charge in [-0.3, -0.25) is 14.4 Å². The van der Waals surface area contributed by atoms with Gasteiger partial charge in [0.15, 0.2) is 0 Å². The summed E-state index contributed by atoms with van der Waals surface area (Å²) in [5.41, 5.74) is 1.86. The first-order valence-electron chi connectivity index (χ1n) is 9.65. The van der Waals surface area contributed by atoms with Crippen molar-refractivity contribution in [3.63, 3.8) is 0 Å². The molecule has 2 aromatic carbocycles. The molecule has 1 aliphatic heterocycles. The van der Waals surface area contributed by atoms with Crippen LogP contribution in [0.5, 0.6) is 0 Å². The van der Waals surface area contributed by atoms with Crippen LogP contribution in [0.4, 0.5) is 5.69 Å². The quantitative estimate of drug-likeness (QED) is 0.620. The highest BCUT2D eigenvalue weighted by Crippen LogP contribution is 2.27. The van der Waals surface area contributed by atoms with Crippen molar-refractivity contribution in [1.29, 1.82) is 0 Å². The zero-order chi connectivity index (χ0) is 22.0. The van der Waals surface area contributed by atoms with Gasteiger partial charge in [0.1, 0.15) is 6.04 Å². The Labute approximate surface area is 188 Å². The lowest BCUT2D eigenvalue weighted by atomic mass is 10.1. The van der Waals surface area contributed by atoms with Crippen LogP contribution in [-0.2, 0) is 4.79 Å². The molecular weight excluding hydrogens is 439 g/mol. The van der Waals surface area contributed by atoms with Crippen LogP contribution < -0.4 is 10.9 Å². The first-order chi connectivity index (χ1) is 14.9. The van der Waals surface area contributed by atoms with Gasteiger partial charge in [0.2, 0.25) is 5.91 Å². The first kappa shape index (κ1) is 21.1. The summed E-state index contributed by atoms with van der Waals surface area (Å²) in [5.74, 6) is -0.605. The van der Waals surface area contributed by atoms with Gasteiger partial charge in [-0.15, -0.1) is 0 Å². The molecule has 0 radical (unpaired) electrons. The fraction of sp³-hybridized carbons (Fsp3) is 0.182. The number of anilines is 1. The summed E-state index contributed by atoms with van der Waals surface area (Å²) in [6.07, 6.45) is 1.26. The van der Waals surface area contributed by atoms with Crippen molar-refractivity contribution in [2.24, 2.45) is 0 Å². The number of carbonyl (C=O) groups is 2. The molecule has 4 rings (SSSR count). The number of hydrogen-bond acceptors (Lipinski definition) is 4. The van der Waals surface area contributed by atoms with Crippen LogP contribution in [-0.4, -0.2) is 39.5 Å². The second-order valence-electron chi connectivity index (χ2n) is 7.16. The summed E-state index contributed by atoms with van der Waals surface area (Å²) in [6.45, 7) is 0.459. The lowest BCUT2D eigenvalue weighted by Gasteiger charge is -2.24. The first-order valence-corrected chi connectivity index (χ1v) is 10.4. The Kier molecular flexibility index (Phi) is 6.06. The molecule has 0 bridgehead atoms. The summed E-state index contributed by atoms with van der Waals surface area (Å²) in [5, 5.41) is 9.97. The molecule has 31 heavy (non-hydrogen) atoms. The smallest absolute Gasteiger partial charge is 0.264 e. The van der Waals surface area contributed by atoms with E-state index in [2.05, 4.69) is 15.5 Å². The third kappa shape index (κ3) is 4.62. The Morgan fingerprint density at radius 3 is 2.71 bits per heavy atom. The highest BCUT2D eigenvalue weighted by Gasteiger charge is 2.35. The second kappa shape index (κ2) is 8.91. The van der Waals surface area contributed by atoms with E-state index in [9.17, 15) is 14.4 Å². The number of likely N-dealkylation sites (tertiary alicyclic amines) is 1. The van der Waals surface area contributed by atoms with Crippen LogP contribution >= 0.6 is 23.2 Å². The minimum atomic E-state index is -0.614. The van der Waals surface area contributed by atoms with Crippen LogP contribution in [0.3, 0.4) is 0 Å². The predicted octanol–water partition coefficient (Wildman–Crippen LogP) is 3.99. The Morgan fingerprint density at radius 2 is 1.94 bits per heavy atom. The molecule has 1 unspecified atom stereocenters. The van der Waals surface area contributed by atoms with E-state index in [1.165, 1.54) is 17.0 Å². The maximum Gasteiger partial charge on any atom is 0.264 e. The largest absolute Gasteiger partial charge is 0.327 e. The fourth-order valence-electron chi connectivity index (χ4n) is 3.59. The van der Waals surface area contributed by atoms with Crippen LogP contribution in [0.2, 0.25) is 10.0 Å². The Bertz CT molecular complexity index is 1190. The molecule has 1 atom stereocenters. The molecule has 3 aromatic rings. The van der Waals surface area contributed by atoms with Gasteiger partial charge in [-0.05, 0) is 49.2 Å². The molecule has 2 N–H and O–H groups in total. The van der Waals surface area contributed by atoms with E-state index >= 15 is 0 Å². The summed E-state index contributed by atoms with van der Waals surface area (Å²) < 4.78 is 0. The highest BCUT2D eigenvalue weighted by atomic mass is 35.5. The highest BCUT2D eigenvalue weighted by molar-refractivity contribution is 6.35. The standard InChI is InChI=1S/C22H18Cl2N4O3/c23-14-6-7-17(24)16(12-14)22(31)28-10-2-5-19(28)21(30)25-15-4-1-3-13(11-15)18-8-9-20(29)27-26-18/h1,3-4,6-9,11-12,19H,2,5,10H2,(H,25,30)(H,27,29). The van der Waals surface area contributed by atoms with E-state index in [0.29, 0.717) is 40.8 Å². The number of aromatic nitrogens is 2. The van der Waals surface area contributed by atoms with E-state index in [1.54, 1.807) is 36.4 Å².